The monoisotopic (exact) mass is 487 g/mol. The lowest BCUT2D eigenvalue weighted by Gasteiger charge is -2.16. The van der Waals surface area contributed by atoms with Crippen LogP contribution < -0.4 is 14.8 Å². The smallest absolute Gasteiger partial charge is 0.345 e. The first-order chi connectivity index (χ1) is 16.3. The van der Waals surface area contributed by atoms with Crippen molar-refractivity contribution >= 4 is 22.4 Å². The van der Waals surface area contributed by atoms with Crippen LogP contribution in [0.2, 0.25) is 0 Å². The molecule has 0 fully saturated rings. The van der Waals surface area contributed by atoms with Crippen molar-refractivity contribution < 1.29 is 40.9 Å². The number of hydrogen-bond acceptors (Lipinski definition) is 7. The van der Waals surface area contributed by atoms with Crippen LogP contribution in [0, 0.1) is 19.7 Å². The van der Waals surface area contributed by atoms with E-state index in [-0.39, 0.29) is 36.2 Å². The van der Waals surface area contributed by atoms with E-state index >= 15 is 0 Å². The molecule has 1 N–H and O–H groups in total. The highest BCUT2D eigenvalue weighted by Gasteiger charge is 2.15. The molecule has 0 bridgehead atoms. The van der Waals surface area contributed by atoms with Gasteiger partial charge in [-0.15, -0.1) is 0 Å². The molecule has 0 saturated heterocycles. The van der Waals surface area contributed by atoms with Crippen molar-refractivity contribution in [1.82, 2.24) is 9.97 Å². The lowest BCUT2D eigenvalue weighted by atomic mass is 10.1. The number of ether oxygens (including phenoxy) is 4. The number of aryl methyl sites for hydroxylation is 1. The van der Waals surface area contributed by atoms with Gasteiger partial charge in [-0.2, -0.15) is 17.6 Å². The quantitative estimate of drug-likeness (QED) is 0.272. The Kier molecular flexibility index (Phi) is 8.77. The molecule has 0 radical (unpaired) electrons. The maximum atomic E-state index is 14.7. The Balaban J connectivity index is 1.90. The minimum atomic E-state index is -2.96. The first kappa shape index (κ1) is 25.4. The molecule has 0 saturated carbocycles. The summed E-state index contributed by atoms with van der Waals surface area (Å²) in [5.74, 6) is 0.0324. The third-order valence-electron chi connectivity index (χ3n) is 4.78. The Morgan fingerprint density at radius 2 is 1.47 bits per heavy atom. The molecule has 0 aliphatic rings. The summed E-state index contributed by atoms with van der Waals surface area (Å²) in [5.41, 5.74) is 1.84. The second kappa shape index (κ2) is 11.7. The third-order valence-corrected chi connectivity index (χ3v) is 4.78. The predicted molar refractivity (Wildman–Crippen MR) is 114 cm³/mol. The van der Waals surface area contributed by atoms with Crippen molar-refractivity contribution in [3.8, 4) is 11.5 Å². The Labute approximate surface area is 191 Å². The van der Waals surface area contributed by atoms with Gasteiger partial charge in [0.05, 0.1) is 24.4 Å². The summed E-state index contributed by atoms with van der Waals surface area (Å²) >= 11 is 0. The molecule has 0 amide bonds. The summed E-state index contributed by atoms with van der Waals surface area (Å²) in [6.07, 6.45) is 1.25. The molecule has 7 nitrogen and oxygen atoms in total. The number of benzene rings is 2. The minimum absolute atomic E-state index is 0.0980. The second-order valence-corrected chi connectivity index (χ2v) is 6.99. The van der Waals surface area contributed by atoms with Gasteiger partial charge in [0.2, 0.25) is 0 Å². The highest BCUT2D eigenvalue weighted by molar-refractivity contribution is 5.93. The van der Waals surface area contributed by atoms with Crippen molar-refractivity contribution in [2.24, 2.45) is 0 Å². The molecule has 0 atom stereocenters. The van der Waals surface area contributed by atoms with Crippen molar-refractivity contribution in [1.29, 1.82) is 0 Å². The first-order valence-electron chi connectivity index (χ1n) is 10.1. The molecule has 0 spiro atoms. The molecular weight excluding hydrogens is 465 g/mol. The zero-order chi connectivity index (χ0) is 24.7. The molecule has 1 heterocycles. The van der Waals surface area contributed by atoms with E-state index in [1.165, 1.54) is 18.5 Å². The molecule has 1 aromatic heterocycles. The van der Waals surface area contributed by atoms with Gasteiger partial charge in [-0.25, -0.2) is 14.4 Å². The van der Waals surface area contributed by atoms with E-state index in [4.69, 9.17) is 9.47 Å². The van der Waals surface area contributed by atoms with Gasteiger partial charge >= 0.3 is 13.2 Å². The normalized spacial score (nSPS) is 11.4. The summed E-state index contributed by atoms with van der Waals surface area (Å²) in [5, 5.41) is 3.34. The Bertz CT molecular complexity index is 1120. The SMILES string of the molecule is Cc1ccc(Nc2ncnc3cc(OCCOC(F)F)c(OCCOC(F)F)cc23)c(F)c1C. The van der Waals surface area contributed by atoms with Crippen molar-refractivity contribution in [3.63, 3.8) is 0 Å². The molecular formula is C22H22F5N3O4. The van der Waals surface area contributed by atoms with Crippen LogP contribution in [-0.2, 0) is 9.47 Å². The number of anilines is 2. The maximum absolute atomic E-state index is 14.7. The van der Waals surface area contributed by atoms with Crippen LogP contribution >= 0.6 is 0 Å². The largest absolute Gasteiger partial charge is 0.487 e. The summed E-state index contributed by atoms with van der Waals surface area (Å²) in [7, 11) is 0. The predicted octanol–water partition coefficient (Wildman–Crippen LogP) is 5.37. The maximum Gasteiger partial charge on any atom is 0.345 e. The molecule has 0 aliphatic carbocycles. The Morgan fingerprint density at radius 3 is 2.09 bits per heavy atom. The number of fused-ring (bicyclic) bond motifs is 1. The molecule has 3 rings (SSSR count). The molecule has 2 aromatic carbocycles. The fourth-order valence-electron chi connectivity index (χ4n) is 2.97. The van der Waals surface area contributed by atoms with E-state index in [1.54, 1.807) is 26.0 Å². The zero-order valence-corrected chi connectivity index (χ0v) is 18.3. The Morgan fingerprint density at radius 1 is 0.853 bits per heavy atom. The van der Waals surface area contributed by atoms with Gasteiger partial charge in [-0.1, -0.05) is 6.07 Å². The highest BCUT2D eigenvalue weighted by Crippen LogP contribution is 2.35. The highest BCUT2D eigenvalue weighted by atomic mass is 19.3. The van der Waals surface area contributed by atoms with E-state index < -0.39 is 32.3 Å². The van der Waals surface area contributed by atoms with E-state index in [0.29, 0.717) is 16.5 Å². The van der Waals surface area contributed by atoms with Gasteiger partial charge in [-0.05, 0) is 37.1 Å². The van der Waals surface area contributed by atoms with Crippen molar-refractivity contribution in [3.05, 3.63) is 47.5 Å². The van der Waals surface area contributed by atoms with Crippen LogP contribution in [0.3, 0.4) is 0 Å². The van der Waals surface area contributed by atoms with Crippen LogP contribution in [0.5, 0.6) is 11.5 Å². The van der Waals surface area contributed by atoms with Crippen LogP contribution in [0.1, 0.15) is 11.1 Å². The summed E-state index contributed by atoms with van der Waals surface area (Å²) in [6.45, 7) is -3.75. The van der Waals surface area contributed by atoms with Crippen molar-refractivity contribution in [2.45, 2.75) is 27.1 Å². The van der Waals surface area contributed by atoms with Crippen LogP contribution in [-0.4, -0.2) is 49.6 Å². The van der Waals surface area contributed by atoms with Crippen LogP contribution in [0.25, 0.3) is 10.9 Å². The number of halogens is 5. The number of aromatic nitrogens is 2. The van der Waals surface area contributed by atoms with E-state index in [2.05, 4.69) is 24.8 Å². The number of nitrogens with one attached hydrogen (secondary N) is 1. The molecule has 12 heteroatoms. The average molecular weight is 487 g/mol. The Hall–Kier alpha value is -3.25. The van der Waals surface area contributed by atoms with Crippen LogP contribution in [0.4, 0.5) is 33.5 Å². The number of alkyl halides is 4. The lowest BCUT2D eigenvalue weighted by Crippen LogP contribution is -2.12. The van der Waals surface area contributed by atoms with E-state index in [0.717, 1.165) is 5.56 Å². The van der Waals surface area contributed by atoms with Gasteiger partial charge in [0, 0.05) is 11.5 Å². The minimum Gasteiger partial charge on any atom is -0.487 e. The number of nitrogens with zero attached hydrogens (tertiary/aromatic N) is 2. The molecule has 0 aliphatic heterocycles. The lowest BCUT2D eigenvalue weighted by molar-refractivity contribution is -0.134. The van der Waals surface area contributed by atoms with Gasteiger partial charge in [0.25, 0.3) is 0 Å². The second-order valence-electron chi connectivity index (χ2n) is 6.99. The van der Waals surface area contributed by atoms with Gasteiger partial charge in [-0.3, -0.25) is 0 Å². The summed E-state index contributed by atoms with van der Waals surface area (Å²) in [6, 6.07) is 6.27. The summed E-state index contributed by atoms with van der Waals surface area (Å²) < 4.78 is 82.8. The van der Waals surface area contributed by atoms with Crippen molar-refractivity contribution in [2.75, 3.05) is 31.7 Å². The van der Waals surface area contributed by atoms with Gasteiger partial charge in [0.15, 0.2) is 11.5 Å². The van der Waals surface area contributed by atoms with Gasteiger partial charge < -0.3 is 24.3 Å². The first-order valence-corrected chi connectivity index (χ1v) is 10.1. The molecule has 0 unspecified atom stereocenters. The zero-order valence-electron chi connectivity index (χ0n) is 18.3. The fraction of sp³-hybridized carbons (Fsp3) is 0.364. The van der Waals surface area contributed by atoms with Crippen LogP contribution in [0.15, 0.2) is 30.6 Å². The molecule has 184 valence electrons. The molecule has 3 aromatic rings. The van der Waals surface area contributed by atoms with E-state index in [9.17, 15) is 22.0 Å². The third kappa shape index (κ3) is 6.64. The average Bonchev–Trinajstić information content (AvgIpc) is 2.79. The standard InChI is InChI=1S/C22H22F5N3O4/c1-12-3-4-15(19(23)13(12)2)30-20-14-9-17(31-5-7-33-21(24)25)18(10-16(14)28-11-29-20)32-6-8-34-22(26)27/h3-4,9-11,21-22H,5-8H2,1-2H3,(H,28,29,30). The molecule has 34 heavy (non-hydrogen) atoms. The topological polar surface area (TPSA) is 74.7 Å². The fourth-order valence-corrected chi connectivity index (χ4v) is 2.97. The summed E-state index contributed by atoms with van der Waals surface area (Å²) in [4.78, 5) is 8.33. The van der Waals surface area contributed by atoms with Gasteiger partial charge in [0.1, 0.15) is 31.2 Å². The number of hydrogen-bond donors (Lipinski definition) is 1. The number of rotatable bonds is 12. The van der Waals surface area contributed by atoms with E-state index in [1.807, 2.05) is 0 Å².